The molecule has 0 spiro atoms. The Morgan fingerprint density at radius 2 is 1.49 bits per heavy atom. The van der Waals surface area contributed by atoms with Gasteiger partial charge in [-0.3, -0.25) is 10.1 Å². The lowest BCUT2D eigenvalue weighted by molar-refractivity contribution is -0.111. The van der Waals surface area contributed by atoms with Gasteiger partial charge in [-0.05, 0) is 125 Å². The molecular formula is C33H43N3O3. The highest BCUT2D eigenvalue weighted by Crippen LogP contribution is 2.61. The second-order valence-corrected chi connectivity index (χ2v) is 13.1. The number of para-hydroxylation sites is 2. The molecular weight excluding hydrogens is 486 g/mol. The number of anilines is 2. The van der Waals surface area contributed by atoms with E-state index in [2.05, 4.69) is 28.1 Å². The molecule has 4 saturated carbocycles. The molecule has 0 heterocycles. The second-order valence-electron chi connectivity index (χ2n) is 13.1. The Morgan fingerprint density at radius 1 is 0.897 bits per heavy atom. The van der Waals surface area contributed by atoms with Crippen LogP contribution in [0.5, 0.6) is 0 Å². The first-order valence-corrected chi connectivity index (χ1v) is 14.5. The van der Waals surface area contributed by atoms with Crippen LogP contribution in [0.15, 0.2) is 54.6 Å². The van der Waals surface area contributed by atoms with E-state index < -0.39 is 11.7 Å². The summed E-state index contributed by atoms with van der Waals surface area (Å²) in [5.74, 6) is 2.77. The predicted molar refractivity (Wildman–Crippen MR) is 157 cm³/mol. The maximum Gasteiger partial charge on any atom is 0.412 e. The number of ether oxygens (including phenoxy) is 1. The predicted octanol–water partition coefficient (Wildman–Crippen LogP) is 7.38. The lowest BCUT2D eigenvalue weighted by Crippen LogP contribution is -2.47. The summed E-state index contributed by atoms with van der Waals surface area (Å²) in [5, 5.41) is 9.22. The summed E-state index contributed by atoms with van der Waals surface area (Å²) in [6.45, 7) is 7.38. The smallest absolute Gasteiger partial charge is 0.412 e. The van der Waals surface area contributed by atoms with Gasteiger partial charge >= 0.3 is 6.09 Å². The van der Waals surface area contributed by atoms with Crippen LogP contribution in [-0.4, -0.2) is 24.1 Å². The van der Waals surface area contributed by atoms with Crippen LogP contribution in [0.25, 0.3) is 6.08 Å². The van der Waals surface area contributed by atoms with Crippen molar-refractivity contribution in [2.75, 3.05) is 17.2 Å². The molecule has 6 heteroatoms. The van der Waals surface area contributed by atoms with Gasteiger partial charge in [0.2, 0.25) is 5.91 Å². The molecule has 2 aromatic carbocycles. The number of amides is 2. The van der Waals surface area contributed by atoms with Gasteiger partial charge in [0.15, 0.2) is 0 Å². The molecule has 0 aromatic heterocycles. The van der Waals surface area contributed by atoms with Gasteiger partial charge in [-0.2, -0.15) is 0 Å². The van der Waals surface area contributed by atoms with Crippen molar-refractivity contribution < 1.29 is 14.3 Å². The summed E-state index contributed by atoms with van der Waals surface area (Å²) in [6, 6.07) is 15.4. The molecule has 3 N–H and O–H groups in total. The minimum atomic E-state index is -0.606. The topological polar surface area (TPSA) is 79.5 Å². The molecule has 0 atom stereocenters. The van der Waals surface area contributed by atoms with E-state index in [4.69, 9.17) is 4.74 Å². The first-order chi connectivity index (χ1) is 18.6. The van der Waals surface area contributed by atoms with Crippen LogP contribution >= 0.6 is 0 Å². The van der Waals surface area contributed by atoms with Gasteiger partial charge in [-0.15, -0.1) is 0 Å². The third-order valence-corrected chi connectivity index (χ3v) is 8.55. The average molecular weight is 530 g/mol. The number of carbonyl (C=O) groups excluding carboxylic acids is 2. The highest BCUT2D eigenvalue weighted by Gasteiger charge is 2.50. The first-order valence-electron chi connectivity index (χ1n) is 14.5. The van der Waals surface area contributed by atoms with Crippen molar-refractivity contribution in [2.45, 2.75) is 77.9 Å². The fourth-order valence-corrected chi connectivity index (χ4v) is 7.39. The van der Waals surface area contributed by atoms with Crippen LogP contribution in [0.4, 0.5) is 16.2 Å². The van der Waals surface area contributed by atoms with Crippen LogP contribution in [0.1, 0.15) is 76.8 Å². The van der Waals surface area contributed by atoms with Crippen molar-refractivity contribution in [3.05, 3.63) is 65.7 Å². The van der Waals surface area contributed by atoms with Crippen LogP contribution in [0.3, 0.4) is 0 Å². The molecule has 4 fully saturated rings. The van der Waals surface area contributed by atoms with E-state index in [0.717, 1.165) is 36.4 Å². The standard InChI is InChI=1S/C33H43N3O3/c1-32(2,3)39-31(38)36-29-7-5-4-6-28(29)35-30(37)13-12-23-8-10-24(11-9-23)22-34-15-14-33-19-25-16-26(20-33)18-27(17-25)21-33/h4-13,25-27,34H,14-22H2,1-3H3,(H,35,37)(H,36,38)/b13-12+. The number of carbonyl (C=O) groups is 2. The molecule has 208 valence electrons. The molecule has 39 heavy (non-hydrogen) atoms. The van der Waals surface area contributed by atoms with Crippen LogP contribution in [-0.2, 0) is 16.1 Å². The maximum atomic E-state index is 12.6. The highest BCUT2D eigenvalue weighted by molar-refractivity contribution is 6.05. The second kappa shape index (κ2) is 11.5. The number of nitrogens with one attached hydrogen (secondary N) is 3. The van der Waals surface area contributed by atoms with Crippen molar-refractivity contribution in [3.63, 3.8) is 0 Å². The molecule has 2 amide bonds. The molecule has 6 rings (SSSR count). The number of benzene rings is 2. The van der Waals surface area contributed by atoms with Gasteiger partial charge < -0.3 is 15.4 Å². The largest absolute Gasteiger partial charge is 0.444 e. The minimum absolute atomic E-state index is 0.274. The van der Waals surface area contributed by atoms with Gasteiger partial charge in [0.05, 0.1) is 11.4 Å². The Kier molecular flexibility index (Phi) is 8.13. The van der Waals surface area contributed by atoms with Crippen molar-refractivity contribution in [3.8, 4) is 0 Å². The fraction of sp³-hybridized carbons (Fsp3) is 0.515. The molecule has 4 aliphatic rings. The third kappa shape index (κ3) is 7.51. The van der Waals surface area contributed by atoms with Gasteiger partial charge in [0, 0.05) is 12.6 Å². The molecule has 2 aromatic rings. The van der Waals surface area contributed by atoms with Gasteiger partial charge in [-0.25, -0.2) is 4.79 Å². The quantitative estimate of drug-likeness (QED) is 0.234. The van der Waals surface area contributed by atoms with Crippen LogP contribution < -0.4 is 16.0 Å². The lowest BCUT2D eigenvalue weighted by Gasteiger charge is -2.57. The van der Waals surface area contributed by atoms with E-state index >= 15 is 0 Å². The maximum absolute atomic E-state index is 12.6. The molecule has 4 aliphatic carbocycles. The fourth-order valence-electron chi connectivity index (χ4n) is 7.39. The van der Waals surface area contributed by atoms with Gasteiger partial charge in [0.1, 0.15) is 5.60 Å². The van der Waals surface area contributed by atoms with E-state index in [1.807, 2.05) is 12.1 Å². The SMILES string of the molecule is CC(C)(C)OC(=O)Nc1ccccc1NC(=O)/C=C/c1ccc(CNCCC23CC4CC(CC(C4)C2)C3)cc1. The van der Waals surface area contributed by atoms with Gasteiger partial charge in [0.25, 0.3) is 0 Å². The summed E-state index contributed by atoms with van der Waals surface area (Å²) in [5.41, 5.74) is 3.22. The van der Waals surface area contributed by atoms with E-state index in [1.165, 1.54) is 56.6 Å². The molecule has 0 unspecified atom stereocenters. The molecule has 0 saturated heterocycles. The Balaban J connectivity index is 1.07. The van der Waals surface area contributed by atoms with E-state index in [1.54, 1.807) is 51.1 Å². The molecule has 0 aliphatic heterocycles. The van der Waals surface area contributed by atoms with Crippen molar-refractivity contribution in [2.24, 2.45) is 23.2 Å². The summed E-state index contributed by atoms with van der Waals surface area (Å²) in [4.78, 5) is 24.7. The summed E-state index contributed by atoms with van der Waals surface area (Å²) >= 11 is 0. The normalized spacial score (nSPS) is 25.6. The lowest BCUT2D eigenvalue weighted by atomic mass is 9.49. The third-order valence-electron chi connectivity index (χ3n) is 8.55. The molecule has 6 nitrogen and oxygen atoms in total. The first kappa shape index (κ1) is 27.4. The van der Waals surface area contributed by atoms with E-state index in [9.17, 15) is 9.59 Å². The Bertz CT molecular complexity index is 1160. The number of hydrogen-bond acceptors (Lipinski definition) is 4. The monoisotopic (exact) mass is 529 g/mol. The molecule has 4 bridgehead atoms. The zero-order chi connectivity index (χ0) is 27.5. The summed E-state index contributed by atoms with van der Waals surface area (Å²) in [7, 11) is 0. The zero-order valence-corrected chi connectivity index (χ0v) is 23.6. The molecule has 0 radical (unpaired) electrons. The Labute approximate surface area is 233 Å². The van der Waals surface area contributed by atoms with Crippen LogP contribution in [0.2, 0.25) is 0 Å². The van der Waals surface area contributed by atoms with Crippen molar-refractivity contribution in [1.29, 1.82) is 0 Å². The number of rotatable bonds is 9. The Morgan fingerprint density at radius 3 is 2.08 bits per heavy atom. The minimum Gasteiger partial charge on any atom is -0.444 e. The highest BCUT2D eigenvalue weighted by atomic mass is 16.6. The van der Waals surface area contributed by atoms with Crippen molar-refractivity contribution >= 4 is 29.5 Å². The van der Waals surface area contributed by atoms with Crippen molar-refractivity contribution in [1.82, 2.24) is 5.32 Å². The van der Waals surface area contributed by atoms with E-state index in [-0.39, 0.29) is 5.91 Å². The Hall–Kier alpha value is -3.12. The van der Waals surface area contributed by atoms with Gasteiger partial charge in [-0.1, -0.05) is 36.4 Å². The summed E-state index contributed by atoms with van der Waals surface area (Å²) in [6.07, 6.45) is 13.0. The van der Waals surface area contributed by atoms with E-state index in [0.29, 0.717) is 16.8 Å². The average Bonchev–Trinajstić information content (AvgIpc) is 2.85. The van der Waals surface area contributed by atoms with Crippen LogP contribution in [0, 0.1) is 23.2 Å². The number of hydrogen-bond donors (Lipinski definition) is 3. The summed E-state index contributed by atoms with van der Waals surface area (Å²) < 4.78 is 5.31. The zero-order valence-electron chi connectivity index (χ0n) is 23.6.